The molecule has 0 atom stereocenters. The number of aryl methyl sites for hydroxylation is 1. The second kappa shape index (κ2) is 11.0. The van der Waals surface area contributed by atoms with E-state index in [1.165, 1.54) is 22.5 Å². The number of anilines is 1. The Bertz CT molecular complexity index is 1330. The smallest absolute Gasteiger partial charge is 0.326 e. The number of halogens is 1. The van der Waals surface area contributed by atoms with E-state index in [1.807, 2.05) is 47.6 Å². The summed E-state index contributed by atoms with van der Waals surface area (Å²) in [5.74, 6) is -0.0915. The van der Waals surface area contributed by atoms with Crippen LogP contribution in [-0.4, -0.2) is 36.1 Å². The lowest BCUT2D eigenvalue weighted by Gasteiger charge is -2.25. The molecule has 0 radical (unpaired) electrons. The average Bonchev–Trinajstić information content (AvgIpc) is 3.10. The van der Waals surface area contributed by atoms with Crippen LogP contribution in [0.2, 0.25) is 0 Å². The summed E-state index contributed by atoms with van der Waals surface area (Å²) in [5, 5.41) is 0. The number of rotatable bonds is 10. The van der Waals surface area contributed by atoms with Crippen molar-refractivity contribution in [3.8, 4) is 0 Å². The van der Waals surface area contributed by atoms with Crippen LogP contribution in [0, 0.1) is 11.7 Å². The Morgan fingerprint density at radius 3 is 2.47 bits per heavy atom. The number of aromatic nitrogens is 2. The summed E-state index contributed by atoms with van der Waals surface area (Å²) in [4.78, 5) is 17.4. The van der Waals surface area contributed by atoms with Gasteiger partial charge in [-0.05, 0) is 69.9 Å². The molecule has 0 fully saturated rings. The van der Waals surface area contributed by atoms with Gasteiger partial charge in [0.25, 0.3) is 10.0 Å². The lowest BCUT2D eigenvalue weighted by molar-refractivity contribution is -0.155. The van der Waals surface area contributed by atoms with Crippen molar-refractivity contribution >= 4 is 32.7 Å². The maximum absolute atomic E-state index is 14.0. The number of fused-ring (bicyclic) bond motifs is 1. The van der Waals surface area contributed by atoms with Crippen LogP contribution in [0.3, 0.4) is 0 Å². The van der Waals surface area contributed by atoms with E-state index in [2.05, 4.69) is 0 Å². The van der Waals surface area contributed by atoms with E-state index in [9.17, 15) is 17.6 Å². The predicted molar refractivity (Wildman–Crippen MR) is 140 cm³/mol. The molecule has 0 aliphatic carbocycles. The van der Waals surface area contributed by atoms with Gasteiger partial charge >= 0.3 is 5.97 Å². The van der Waals surface area contributed by atoms with Crippen molar-refractivity contribution < 1.29 is 22.3 Å². The van der Waals surface area contributed by atoms with Crippen molar-refractivity contribution in [2.45, 2.75) is 77.8 Å². The Balaban J connectivity index is 2.17. The third kappa shape index (κ3) is 6.43. The normalized spacial score (nSPS) is 12.3. The number of esters is 1. The van der Waals surface area contributed by atoms with Gasteiger partial charge in [0.15, 0.2) is 0 Å². The zero-order valence-corrected chi connectivity index (χ0v) is 22.7. The van der Waals surface area contributed by atoms with E-state index >= 15 is 0 Å². The fourth-order valence-electron chi connectivity index (χ4n) is 3.98. The highest BCUT2D eigenvalue weighted by Gasteiger charge is 2.29. The van der Waals surface area contributed by atoms with Crippen molar-refractivity contribution in [1.29, 1.82) is 0 Å². The van der Waals surface area contributed by atoms with Crippen molar-refractivity contribution in [1.82, 2.24) is 9.55 Å². The van der Waals surface area contributed by atoms with Gasteiger partial charge in [-0.3, -0.25) is 9.10 Å². The van der Waals surface area contributed by atoms with E-state index in [0.29, 0.717) is 35.4 Å². The molecule has 0 aliphatic rings. The molecule has 1 heterocycles. The van der Waals surface area contributed by atoms with Crippen LogP contribution in [0.4, 0.5) is 10.1 Å². The third-order valence-electron chi connectivity index (χ3n) is 5.58. The van der Waals surface area contributed by atoms with Gasteiger partial charge in [-0.25, -0.2) is 17.8 Å². The Kier molecular flexibility index (Phi) is 8.44. The van der Waals surface area contributed by atoms with Crippen molar-refractivity contribution in [2.24, 2.45) is 5.92 Å². The molecule has 3 aromatic rings. The Labute approximate surface area is 213 Å². The van der Waals surface area contributed by atoms with Gasteiger partial charge in [0.05, 0.1) is 16.1 Å². The minimum Gasteiger partial charge on any atom is -0.459 e. The van der Waals surface area contributed by atoms with Crippen molar-refractivity contribution in [3.63, 3.8) is 0 Å². The number of hydrogen-bond donors (Lipinski definition) is 0. The molecular formula is C27H36FN3O4S. The number of carbonyl (C=O) groups is 1. The SMILES string of the molecule is CCCc1nc2c(N(CCC(C)C)S(=O)(=O)c3cccc(F)c3)cccc2n1CC(=O)OC(C)(C)C. The first-order valence-corrected chi connectivity index (χ1v) is 13.8. The maximum Gasteiger partial charge on any atom is 0.326 e. The molecule has 3 rings (SSSR count). The first-order valence-electron chi connectivity index (χ1n) is 12.3. The van der Waals surface area contributed by atoms with Crippen LogP contribution in [-0.2, 0) is 32.5 Å². The number of para-hydroxylation sites is 1. The van der Waals surface area contributed by atoms with Crippen LogP contribution >= 0.6 is 0 Å². The number of benzene rings is 2. The number of ether oxygens (including phenoxy) is 1. The minimum atomic E-state index is -4.07. The molecular weight excluding hydrogens is 481 g/mol. The van der Waals surface area contributed by atoms with Gasteiger partial charge in [-0.1, -0.05) is 32.9 Å². The fraction of sp³-hybridized carbons (Fsp3) is 0.481. The fourth-order valence-corrected chi connectivity index (χ4v) is 5.49. The molecule has 0 amide bonds. The van der Waals surface area contributed by atoms with Gasteiger partial charge < -0.3 is 9.30 Å². The molecule has 1 aromatic heterocycles. The summed E-state index contributed by atoms with van der Waals surface area (Å²) in [7, 11) is -4.07. The highest BCUT2D eigenvalue weighted by atomic mass is 32.2. The van der Waals surface area contributed by atoms with E-state index in [-0.39, 0.29) is 23.9 Å². The molecule has 0 aliphatic heterocycles. The highest BCUT2D eigenvalue weighted by molar-refractivity contribution is 7.92. The number of sulfonamides is 1. The standard InChI is InChI=1S/C27H36FN3O4S/c1-7-10-24-29-26-22(30(24)18-25(32)35-27(4,5)6)13-9-14-23(26)31(16-15-19(2)3)36(33,34)21-12-8-11-20(28)17-21/h8-9,11-14,17,19H,7,10,15-16,18H2,1-6H3. The molecule has 196 valence electrons. The molecule has 0 saturated heterocycles. The lowest BCUT2D eigenvalue weighted by Crippen LogP contribution is -2.33. The first kappa shape index (κ1) is 27.6. The molecule has 7 nitrogen and oxygen atoms in total. The van der Waals surface area contributed by atoms with Crippen molar-refractivity contribution in [2.75, 3.05) is 10.8 Å². The average molecular weight is 518 g/mol. The van der Waals surface area contributed by atoms with E-state index in [0.717, 1.165) is 12.5 Å². The van der Waals surface area contributed by atoms with Crippen LogP contribution in [0.1, 0.15) is 60.2 Å². The molecule has 0 spiro atoms. The van der Waals surface area contributed by atoms with Gasteiger partial charge in [0.2, 0.25) is 0 Å². The lowest BCUT2D eigenvalue weighted by atomic mass is 10.1. The number of nitrogens with zero attached hydrogens (tertiary/aromatic N) is 3. The Morgan fingerprint density at radius 1 is 1.17 bits per heavy atom. The summed E-state index contributed by atoms with van der Waals surface area (Å²) in [6.45, 7) is 11.7. The maximum atomic E-state index is 14.0. The topological polar surface area (TPSA) is 81.5 Å². The summed E-state index contributed by atoms with van der Waals surface area (Å²) in [6.07, 6.45) is 2.01. The number of imidazole rings is 1. The molecule has 36 heavy (non-hydrogen) atoms. The molecule has 0 bridgehead atoms. The van der Waals surface area contributed by atoms with Crippen LogP contribution < -0.4 is 4.31 Å². The zero-order chi connectivity index (χ0) is 26.7. The molecule has 2 aromatic carbocycles. The third-order valence-corrected chi connectivity index (χ3v) is 7.39. The summed E-state index contributed by atoms with van der Waals surface area (Å²) < 4.78 is 50.1. The summed E-state index contributed by atoms with van der Waals surface area (Å²) in [6, 6.07) is 10.3. The van der Waals surface area contributed by atoms with Crippen LogP contribution in [0.25, 0.3) is 11.0 Å². The second-order valence-electron chi connectivity index (χ2n) is 10.3. The molecule has 0 saturated carbocycles. The monoisotopic (exact) mass is 517 g/mol. The highest BCUT2D eigenvalue weighted by Crippen LogP contribution is 2.32. The van der Waals surface area contributed by atoms with Gasteiger partial charge in [0, 0.05) is 13.0 Å². The van der Waals surface area contributed by atoms with E-state index < -0.39 is 27.4 Å². The summed E-state index contributed by atoms with van der Waals surface area (Å²) >= 11 is 0. The molecule has 0 unspecified atom stereocenters. The van der Waals surface area contributed by atoms with Crippen LogP contribution in [0.5, 0.6) is 0 Å². The quantitative estimate of drug-likeness (QED) is 0.322. The van der Waals surface area contributed by atoms with Gasteiger partial charge in [-0.15, -0.1) is 0 Å². The number of hydrogen-bond acceptors (Lipinski definition) is 5. The van der Waals surface area contributed by atoms with Crippen molar-refractivity contribution in [3.05, 3.63) is 54.1 Å². The Morgan fingerprint density at radius 2 is 1.86 bits per heavy atom. The van der Waals surface area contributed by atoms with Gasteiger partial charge in [-0.2, -0.15) is 0 Å². The van der Waals surface area contributed by atoms with Crippen LogP contribution in [0.15, 0.2) is 47.4 Å². The largest absolute Gasteiger partial charge is 0.459 e. The van der Waals surface area contributed by atoms with E-state index in [4.69, 9.17) is 9.72 Å². The summed E-state index contributed by atoms with van der Waals surface area (Å²) in [5.41, 5.74) is 0.896. The van der Waals surface area contributed by atoms with Gasteiger partial charge in [0.1, 0.15) is 29.3 Å². The Hall–Kier alpha value is -2.94. The molecule has 0 N–H and O–H groups in total. The predicted octanol–water partition coefficient (Wildman–Crippen LogP) is 5.71. The minimum absolute atomic E-state index is 0.0325. The zero-order valence-electron chi connectivity index (χ0n) is 21.9. The number of carbonyl (C=O) groups excluding carboxylic acids is 1. The van der Waals surface area contributed by atoms with E-state index in [1.54, 1.807) is 16.7 Å². The second-order valence-corrected chi connectivity index (χ2v) is 12.2. The first-order chi connectivity index (χ1) is 16.8. The molecule has 9 heteroatoms.